The van der Waals surface area contributed by atoms with Gasteiger partial charge in [-0.15, -0.1) is 0 Å². The lowest BCUT2D eigenvalue weighted by Crippen LogP contribution is -2.03. The van der Waals surface area contributed by atoms with Crippen LogP contribution < -0.4 is 0 Å². The maximum absolute atomic E-state index is 11.2. The number of esters is 6. The number of ether oxygens (including phenoxy) is 6. The Kier molecular flexibility index (Phi) is 136. The normalized spacial score (nSPS) is 11.2. The fourth-order valence-corrected chi connectivity index (χ4v) is 14.6. The number of carbonyl (C=O) groups excluding carboxylic acids is 6. The van der Waals surface area contributed by atoms with E-state index in [0.717, 1.165) is 89.9 Å². The summed E-state index contributed by atoms with van der Waals surface area (Å²) in [6.07, 6.45) is 127. The number of hydrogen-bond acceptors (Lipinski definition) is 12. The van der Waals surface area contributed by atoms with E-state index in [0.29, 0.717) is 78.2 Å². The minimum Gasteiger partial charge on any atom is -0.466 e. The molecule has 0 aromatic carbocycles. The van der Waals surface area contributed by atoms with E-state index in [1.54, 1.807) is 0 Å². The number of carbonyl (C=O) groups is 6. The van der Waals surface area contributed by atoms with E-state index in [-0.39, 0.29) is 35.8 Å². The molecule has 0 amide bonds. The molecule has 0 aliphatic heterocycles. The monoisotopic (exact) mass is 1800 g/mol. The van der Waals surface area contributed by atoms with Crippen molar-refractivity contribution in [1.29, 1.82) is 0 Å². The first-order valence-electron chi connectivity index (χ1n) is 55.3. The van der Waals surface area contributed by atoms with Crippen molar-refractivity contribution in [3.05, 3.63) is 85.1 Å². The highest BCUT2D eigenvalue weighted by Gasteiger charge is 2.07. The summed E-state index contributed by atoms with van der Waals surface area (Å²) < 4.78 is 29.5. The van der Waals surface area contributed by atoms with Crippen LogP contribution in [0.3, 0.4) is 0 Å². The molecule has 0 aliphatic carbocycles. The molecule has 0 bridgehead atoms. The molecule has 12 nitrogen and oxygen atoms in total. The Morgan fingerprint density at radius 3 is 0.422 bits per heavy atom. The van der Waals surface area contributed by atoms with Crippen LogP contribution in [0.4, 0.5) is 0 Å². The summed E-state index contributed by atoms with van der Waals surface area (Å²) in [5.41, 5.74) is 0. The van der Waals surface area contributed by atoms with E-state index >= 15 is 0 Å². The van der Waals surface area contributed by atoms with Gasteiger partial charge in [-0.05, 0) is 196 Å². The number of rotatable bonds is 91. The van der Waals surface area contributed by atoms with Crippen molar-refractivity contribution in [1.82, 2.24) is 0 Å². The first-order chi connectivity index (χ1) is 62.8. The van der Waals surface area contributed by atoms with Gasteiger partial charge in [-0.2, -0.15) is 0 Å². The SMILES string of the molecule is CC/C=C\C/C=C\C/C=C\CCCCCCCC(=O)OCC.CCCCC/C=C\C/C=C\CCCCCCCC(=O)OCC.CCCCCC/C=C\CCCCCCCC(=O)OCC.CCCCCCCC/C=C\CCCCCCCC(=O)OCC.CCCCCCCCCCCCCCCC(=O)OCC.CCCCCCCCCCCCCCCCCC(=O)OCC. The van der Waals surface area contributed by atoms with Crippen molar-refractivity contribution in [2.24, 2.45) is 0 Å². The largest absolute Gasteiger partial charge is 0.466 e. The predicted octanol–water partition coefficient (Wildman–Crippen LogP) is 37.7. The molecule has 0 saturated carbocycles. The second kappa shape index (κ2) is 130. The van der Waals surface area contributed by atoms with Crippen LogP contribution in [-0.2, 0) is 57.2 Å². The molecule has 0 aromatic heterocycles. The maximum atomic E-state index is 11.2. The van der Waals surface area contributed by atoms with E-state index in [1.165, 1.54) is 372 Å². The van der Waals surface area contributed by atoms with Crippen molar-refractivity contribution >= 4 is 35.8 Å². The third-order valence-electron chi connectivity index (χ3n) is 22.4. The molecule has 0 aliphatic rings. The van der Waals surface area contributed by atoms with Crippen molar-refractivity contribution in [2.45, 2.75) is 584 Å². The standard InChI is InChI=1S/C20H40O2.C20H38O2.C20H36O2.C20H34O2.C18H36O2.C18H34O2/c4*1-3-5-6-7-8-9-10-11-12-13-14-15-16-17-18-19-20(21)22-4-2;2*1-3-5-6-7-8-9-10-11-12-13-14-15-16-17-18(19)20-4-2/h3-19H2,1-2H3;11-12H,3-10,13-19H2,1-2H3;8-9,11-12H,3-7,10,13-19H2,1-2H3;5-6,8-9,11-12H,3-4,7,10,13-19H2,1-2H3;3-17H2,1-2H3;9-10H,3-8,11-17H2,1-2H3/b;12-11-;9-8-,12-11-;6-5-,9-8-,12-11-;;10-9-. The van der Waals surface area contributed by atoms with Gasteiger partial charge in [0, 0.05) is 38.5 Å². The number of hydrogen-bond donors (Lipinski definition) is 0. The van der Waals surface area contributed by atoms with Crippen LogP contribution in [0, 0.1) is 0 Å². The average Bonchev–Trinajstić information content (AvgIpc) is 1.08. The van der Waals surface area contributed by atoms with Gasteiger partial charge in [0.15, 0.2) is 0 Å². The van der Waals surface area contributed by atoms with Crippen LogP contribution in [0.25, 0.3) is 0 Å². The Labute approximate surface area is 797 Å². The van der Waals surface area contributed by atoms with Gasteiger partial charge in [0.1, 0.15) is 0 Å². The molecule has 128 heavy (non-hydrogen) atoms. The van der Waals surface area contributed by atoms with E-state index in [9.17, 15) is 28.8 Å². The van der Waals surface area contributed by atoms with Crippen LogP contribution in [0.15, 0.2) is 85.1 Å². The Bertz CT molecular complexity index is 2370. The first kappa shape index (κ1) is 134. The summed E-state index contributed by atoms with van der Waals surface area (Å²) in [4.78, 5) is 66.8. The third-order valence-corrected chi connectivity index (χ3v) is 22.4. The molecule has 754 valence electrons. The van der Waals surface area contributed by atoms with Crippen molar-refractivity contribution in [3.8, 4) is 0 Å². The molecule has 0 unspecified atom stereocenters. The van der Waals surface area contributed by atoms with E-state index < -0.39 is 0 Å². The molecule has 0 aromatic rings. The lowest BCUT2D eigenvalue weighted by molar-refractivity contribution is -0.144. The molecule has 0 rings (SSSR count). The lowest BCUT2D eigenvalue weighted by atomic mass is 10.0. The van der Waals surface area contributed by atoms with Crippen molar-refractivity contribution in [3.63, 3.8) is 0 Å². The van der Waals surface area contributed by atoms with Gasteiger partial charge in [-0.3, -0.25) is 28.8 Å². The number of allylic oxidation sites excluding steroid dienone is 14. The summed E-state index contributed by atoms with van der Waals surface area (Å²) >= 11 is 0. The zero-order chi connectivity index (χ0) is 95.0. The molecular formula is C116H218O12. The maximum Gasteiger partial charge on any atom is 0.305 e. The molecule has 0 radical (unpaired) electrons. The average molecular weight is 1810 g/mol. The fourth-order valence-electron chi connectivity index (χ4n) is 14.6. The second-order valence-electron chi connectivity index (χ2n) is 35.1. The minimum atomic E-state index is -0.0522. The molecule has 12 heteroatoms. The first-order valence-corrected chi connectivity index (χ1v) is 55.3. The van der Waals surface area contributed by atoms with Crippen LogP contribution in [0.2, 0.25) is 0 Å². The van der Waals surface area contributed by atoms with Crippen molar-refractivity contribution < 1.29 is 57.2 Å². The molecule has 0 atom stereocenters. The summed E-state index contributed by atoms with van der Waals surface area (Å²) in [6.45, 7) is 27.6. The lowest BCUT2D eigenvalue weighted by Gasteiger charge is -2.03. The summed E-state index contributed by atoms with van der Waals surface area (Å²) in [7, 11) is 0. The molecule has 0 N–H and O–H groups in total. The van der Waals surface area contributed by atoms with Crippen molar-refractivity contribution in [2.75, 3.05) is 39.6 Å². The third kappa shape index (κ3) is 141. The van der Waals surface area contributed by atoms with Gasteiger partial charge < -0.3 is 28.4 Å². The van der Waals surface area contributed by atoms with Gasteiger partial charge in [-0.25, -0.2) is 0 Å². The highest BCUT2D eigenvalue weighted by molar-refractivity contribution is 5.71. The van der Waals surface area contributed by atoms with Crippen LogP contribution in [-0.4, -0.2) is 75.5 Å². The van der Waals surface area contributed by atoms with E-state index in [1.807, 2.05) is 41.5 Å². The molecule has 0 saturated heterocycles. The van der Waals surface area contributed by atoms with Crippen LogP contribution >= 0.6 is 0 Å². The highest BCUT2D eigenvalue weighted by Crippen LogP contribution is 2.19. The van der Waals surface area contributed by atoms with E-state index in [2.05, 4.69) is 127 Å². The van der Waals surface area contributed by atoms with E-state index in [4.69, 9.17) is 28.4 Å². The topological polar surface area (TPSA) is 158 Å². The Balaban J connectivity index is -0.000000349. The quantitative estimate of drug-likeness (QED) is 0.0246. The zero-order valence-corrected chi connectivity index (χ0v) is 87.4. The molecule has 0 spiro atoms. The van der Waals surface area contributed by atoms with Gasteiger partial charge in [-0.1, -0.05) is 435 Å². The Morgan fingerprint density at radius 1 is 0.141 bits per heavy atom. The van der Waals surface area contributed by atoms with Gasteiger partial charge in [0.05, 0.1) is 39.6 Å². The Hall–Kier alpha value is -5.00. The summed E-state index contributed by atoms with van der Waals surface area (Å²) in [5.74, 6) is -0.247. The predicted molar refractivity (Wildman–Crippen MR) is 558 cm³/mol. The van der Waals surface area contributed by atoms with Crippen LogP contribution in [0.1, 0.15) is 584 Å². The van der Waals surface area contributed by atoms with Gasteiger partial charge in [0.25, 0.3) is 0 Å². The van der Waals surface area contributed by atoms with Gasteiger partial charge in [0.2, 0.25) is 0 Å². The summed E-state index contributed by atoms with van der Waals surface area (Å²) in [6, 6.07) is 0. The van der Waals surface area contributed by atoms with Crippen LogP contribution in [0.5, 0.6) is 0 Å². The Morgan fingerprint density at radius 2 is 0.258 bits per heavy atom. The number of unbranched alkanes of at least 4 members (excludes halogenated alkanes) is 59. The minimum absolute atomic E-state index is 0.0304. The zero-order valence-electron chi connectivity index (χ0n) is 87.4. The highest BCUT2D eigenvalue weighted by atomic mass is 16.5. The smallest absolute Gasteiger partial charge is 0.305 e. The molecular weight excluding hydrogens is 1590 g/mol. The second-order valence-corrected chi connectivity index (χ2v) is 35.1. The van der Waals surface area contributed by atoms with Gasteiger partial charge >= 0.3 is 35.8 Å². The summed E-state index contributed by atoms with van der Waals surface area (Å²) in [5, 5.41) is 0. The molecule has 0 fully saturated rings. The fraction of sp³-hybridized carbons (Fsp3) is 0.828. The molecule has 0 heterocycles.